The van der Waals surface area contributed by atoms with Crippen LogP contribution in [0.2, 0.25) is 0 Å². The van der Waals surface area contributed by atoms with E-state index in [-0.39, 0.29) is 35.8 Å². The Balaban J connectivity index is 1.31. The summed E-state index contributed by atoms with van der Waals surface area (Å²) in [6, 6.07) is 10.7. The highest BCUT2D eigenvalue weighted by Gasteiger charge is 2.37. The summed E-state index contributed by atoms with van der Waals surface area (Å²) in [5.74, 6) is -1.08. The molecular weight excluding hydrogens is 510 g/mol. The molecule has 2 aromatic carbocycles. The van der Waals surface area contributed by atoms with Crippen molar-refractivity contribution in [3.05, 3.63) is 64.7 Å². The third-order valence-electron chi connectivity index (χ3n) is 7.29. The molecule has 0 radical (unpaired) electrons. The molecule has 1 aliphatic carbocycles. The van der Waals surface area contributed by atoms with E-state index in [1.807, 2.05) is 13.8 Å². The van der Waals surface area contributed by atoms with Crippen LogP contribution in [0.4, 0.5) is 5.69 Å². The van der Waals surface area contributed by atoms with Crippen LogP contribution in [-0.2, 0) is 14.4 Å². The van der Waals surface area contributed by atoms with E-state index in [9.17, 15) is 24.0 Å². The Hall–Kier alpha value is -4.05. The number of ketones is 2. The van der Waals surface area contributed by atoms with Crippen LogP contribution in [0.3, 0.4) is 0 Å². The molecule has 2 aromatic rings. The molecule has 40 heavy (non-hydrogen) atoms. The summed E-state index contributed by atoms with van der Waals surface area (Å²) in [6.07, 6.45) is 2.30. The number of likely N-dealkylation sites (tertiary alicyclic amines) is 1. The molecule has 10 nitrogen and oxygen atoms in total. The number of carbonyl (C=O) groups is 5. The van der Waals surface area contributed by atoms with Crippen LogP contribution < -0.4 is 21.7 Å². The van der Waals surface area contributed by atoms with Crippen molar-refractivity contribution in [2.75, 3.05) is 31.5 Å². The maximum Gasteiger partial charge on any atom is 0.245 e. The largest absolute Gasteiger partial charge is 0.384 e. The standard InChI is InChI=1S/C30H37N5O5/c1-18(2)16-23(34-25(36)17-31)30(40)35-15-6-12-24(35)29(39)33-14-7-13-32-22-11-5-10-21-26(22)28(38)20-9-4-3-8-19(20)27(21)37/h3-5,8-11,18,23-24,32H,6-7,12-17,31H2,1-2H3,(H,33,39)(H,34,36)/t23-,24+/m0/s1. The number of amides is 3. The van der Waals surface area contributed by atoms with Gasteiger partial charge in [-0.15, -0.1) is 0 Å². The normalized spacial score (nSPS) is 16.8. The predicted molar refractivity (Wildman–Crippen MR) is 151 cm³/mol. The van der Waals surface area contributed by atoms with Crippen molar-refractivity contribution in [3.63, 3.8) is 0 Å². The summed E-state index contributed by atoms with van der Waals surface area (Å²) in [5.41, 5.74) is 7.57. The summed E-state index contributed by atoms with van der Waals surface area (Å²) in [5, 5.41) is 8.86. The molecule has 4 rings (SSSR count). The van der Waals surface area contributed by atoms with Crippen LogP contribution in [0, 0.1) is 5.92 Å². The first kappa shape index (κ1) is 28.9. The van der Waals surface area contributed by atoms with Crippen LogP contribution in [0.15, 0.2) is 42.5 Å². The van der Waals surface area contributed by atoms with Gasteiger partial charge in [0.1, 0.15) is 12.1 Å². The van der Waals surface area contributed by atoms with Gasteiger partial charge in [-0.3, -0.25) is 24.0 Å². The average molecular weight is 548 g/mol. The first-order valence-corrected chi connectivity index (χ1v) is 13.9. The molecule has 0 saturated carbocycles. The quantitative estimate of drug-likeness (QED) is 0.268. The van der Waals surface area contributed by atoms with Crippen LogP contribution >= 0.6 is 0 Å². The molecule has 5 N–H and O–H groups in total. The van der Waals surface area contributed by atoms with Crippen LogP contribution in [0.25, 0.3) is 0 Å². The van der Waals surface area contributed by atoms with Gasteiger partial charge in [-0.1, -0.05) is 50.2 Å². The SMILES string of the molecule is CC(C)C[C@H](NC(=O)CN)C(=O)N1CCC[C@@H]1C(=O)NCCCNc1cccc2c1C(=O)c1ccccc1C2=O. The number of fused-ring (bicyclic) bond motifs is 2. The van der Waals surface area contributed by atoms with Crippen LogP contribution in [0.5, 0.6) is 0 Å². The highest BCUT2D eigenvalue weighted by molar-refractivity contribution is 6.30. The number of hydrogen-bond acceptors (Lipinski definition) is 7. The summed E-state index contributed by atoms with van der Waals surface area (Å²) in [6.45, 7) is 5.02. The molecule has 0 bridgehead atoms. The first-order valence-electron chi connectivity index (χ1n) is 13.9. The predicted octanol–water partition coefficient (Wildman–Crippen LogP) is 1.86. The lowest BCUT2D eigenvalue weighted by Crippen LogP contribution is -2.54. The lowest BCUT2D eigenvalue weighted by atomic mass is 9.83. The molecule has 1 aliphatic heterocycles. The van der Waals surface area contributed by atoms with Crippen molar-refractivity contribution < 1.29 is 24.0 Å². The number of anilines is 1. The number of benzene rings is 2. The Morgan fingerprint density at radius 1 is 0.975 bits per heavy atom. The van der Waals surface area contributed by atoms with E-state index in [1.54, 1.807) is 47.4 Å². The third kappa shape index (κ3) is 6.22. The number of carbonyl (C=O) groups excluding carboxylic acids is 5. The number of nitrogens with zero attached hydrogens (tertiary/aromatic N) is 1. The van der Waals surface area contributed by atoms with E-state index in [1.165, 1.54) is 0 Å². The molecule has 1 heterocycles. The maximum atomic E-state index is 13.3. The van der Waals surface area contributed by atoms with Gasteiger partial charge in [0.15, 0.2) is 11.6 Å². The number of nitrogens with one attached hydrogen (secondary N) is 3. The minimum Gasteiger partial charge on any atom is -0.384 e. The Kier molecular flexibility index (Phi) is 9.31. The fourth-order valence-corrected chi connectivity index (χ4v) is 5.38. The second-order valence-corrected chi connectivity index (χ2v) is 10.6. The van der Waals surface area contributed by atoms with E-state index >= 15 is 0 Å². The molecule has 0 spiro atoms. The lowest BCUT2D eigenvalue weighted by molar-refractivity contribution is -0.141. The fourth-order valence-electron chi connectivity index (χ4n) is 5.38. The summed E-state index contributed by atoms with van der Waals surface area (Å²) < 4.78 is 0. The van der Waals surface area contributed by atoms with Crippen molar-refractivity contribution in [3.8, 4) is 0 Å². The number of hydrogen-bond donors (Lipinski definition) is 4. The smallest absolute Gasteiger partial charge is 0.245 e. The molecular formula is C30H37N5O5. The highest BCUT2D eigenvalue weighted by Crippen LogP contribution is 2.31. The Labute approximate surface area is 234 Å². The monoisotopic (exact) mass is 547 g/mol. The zero-order valence-corrected chi connectivity index (χ0v) is 23.0. The van der Waals surface area contributed by atoms with Gasteiger partial charge in [0.25, 0.3) is 0 Å². The molecule has 2 aliphatic rings. The minimum absolute atomic E-state index is 0.171. The number of rotatable bonds is 11. The van der Waals surface area contributed by atoms with Crippen molar-refractivity contribution in [2.45, 2.75) is 51.6 Å². The van der Waals surface area contributed by atoms with Gasteiger partial charge in [0, 0.05) is 42.0 Å². The second-order valence-electron chi connectivity index (χ2n) is 10.6. The number of nitrogens with two attached hydrogens (primary N) is 1. The fraction of sp³-hybridized carbons (Fsp3) is 0.433. The molecule has 0 unspecified atom stereocenters. The van der Waals surface area contributed by atoms with E-state index in [0.717, 1.165) is 0 Å². The minimum atomic E-state index is -0.716. The van der Waals surface area contributed by atoms with Gasteiger partial charge in [0.05, 0.1) is 12.1 Å². The summed E-state index contributed by atoms with van der Waals surface area (Å²) >= 11 is 0. The summed E-state index contributed by atoms with van der Waals surface area (Å²) in [7, 11) is 0. The summed E-state index contributed by atoms with van der Waals surface area (Å²) in [4.78, 5) is 65.8. The maximum absolute atomic E-state index is 13.3. The zero-order valence-electron chi connectivity index (χ0n) is 23.0. The van der Waals surface area contributed by atoms with Crippen LogP contribution in [-0.4, -0.2) is 72.5 Å². The van der Waals surface area contributed by atoms with Gasteiger partial charge in [-0.05, 0) is 37.7 Å². The molecule has 3 amide bonds. The lowest BCUT2D eigenvalue weighted by Gasteiger charge is -2.29. The Morgan fingerprint density at radius 3 is 2.38 bits per heavy atom. The second kappa shape index (κ2) is 12.9. The molecule has 10 heteroatoms. The molecule has 1 fully saturated rings. The van der Waals surface area contributed by atoms with Gasteiger partial charge in [-0.2, -0.15) is 0 Å². The van der Waals surface area contributed by atoms with E-state index in [0.29, 0.717) is 73.3 Å². The Morgan fingerprint density at radius 2 is 1.68 bits per heavy atom. The molecule has 2 atom stereocenters. The molecule has 0 aromatic heterocycles. The highest BCUT2D eigenvalue weighted by atomic mass is 16.2. The van der Waals surface area contributed by atoms with Crippen molar-refractivity contribution >= 4 is 35.0 Å². The topological polar surface area (TPSA) is 151 Å². The van der Waals surface area contributed by atoms with E-state index in [4.69, 9.17) is 5.73 Å². The van der Waals surface area contributed by atoms with E-state index in [2.05, 4.69) is 16.0 Å². The van der Waals surface area contributed by atoms with Crippen molar-refractivity contribution in [1.82, 2.24) is 15.5 Å². The third-order valence-corrected chi connectivity index (χ3v) is 7.29. The zero-order chi connectivity index (χ0) is 28.8. The van der Waals surface area contributed by atoms with E-state index < -0.39 is 18.0 Å². The Bertz CT molecular complexity index is 1310. The van der Waals surface area contributed by atoms with Crippen molar-refractivity contribution in [2.24, 2.45) is 11.7 Å². The van der Waals surface area contributed by atoms with Gasteiger partial charge >= 0.3 is 0 Å². The first-order chi connectivity index (χ1) is 19.2. The van der Waals surface area contributed by atoms with Gasteiger partial charge in [0.2, 0.25) is 17.7 Å². The molecule has 1 saturated heterocycles. The average Bonchev–Trinajstić information content (AvgIpc) is 3.44. The van der Waals surface area contributed by atoms with Crippen LogP contribution in [0.1, 0.15) is 71.4 Å². The van der Waals surface area contributed by atoms with Crippen molar-refractivity contribution in [1.29, 1.82) is 0 Å². The van der Waals surface area contributed by atoms with Gasteiger partial charge in [-0.25, -0.2) is 0 Å². The molecule has 212 valence electrons. The van der Waals surface area contributed by atoms with Gasteiger partial charge < -0.3 is 26.6 Å².